The van der Waals surface area contributed by atoms with Crippen molar-refractivity contribution in [2.24, 2.45) is 0 Å². The van der Waals surface area contributed by atoms with Crippen LogP contribution < -0.4 is 16.0 Å². The largest absolute Gasteiger partial charge is 0.457 e. The zero-order valence-electron chi connectivity index (χ0n) is 23.4. The van der Waals surface area contributed by atoms with Gasteiger partial charge in [0.25, 0.3) is 11.8 Å². The fourth-order valence-corrected chi connectivity index (χ4v) is 5.46. The molecule has 11 heteroatoms. The summed E-state index contributed by atoms with van der Waals surface area (Å²) >= 11 is 16.8. The standard InChI is InChI=1S/C34H24BrCl2N3O4S/c35-23-8-6-21(7-9-23)31-17-13-26(44-31)19-30(40-33(42)22-4-2-1-3-5-22)34(43)38-25-11-14-27(15-12-25)45-20-32(41)39-29-16-10-24(36)18-28(29)37/h1-19H,20H2,(H,38,43)(H,39,41)(H,40,42)/b30-19-. The summed E-state index contributed by atoms with van der Waals surface area (Å²) in [5.74, 6) is -0.0693. The second-order valence-electron chi connectivity index (χ2n) is 9.53. The molecule has 5 aromatic rings. The fraction of sp³-hybridized carbons (Fsp3) is 0.0294. The molecule has 5 rings (SSSR count). The summed E-state index contributed by atoms with van der Waals surface area (Å²) in [6.07, 6.45) is 1.48. The number of nitrogens with one attached hydrogen (secondary N) is 3. The number of amides is 3. The van der Waals surface area contributed by atoms with Crippen LogP contribution in [0.1, 0.15) is 16.1 Å². The smallest absolute Gasteiger partial charge is 0.272 e. The van der Waals surface area contributed by atoms with E-state index in [9.17, 15) is 14.4 Å². The zero-order valence-corrected chi connectivity index (χ0v) is 27.3. The van der Waals surface area contributed by atoms with E-state index in [1.165, 1.54) is 17.8 Å². The molecule has 0 bridgehead atoms. The van der Waals surface area contributed by atoms with Crippen LogP contribution in [0.3, 0.4) is 0 Å². The Balaban J connectivity index is 1.26. The van der Waals surface area contributed by atoms with Gasteiger partial charge in [-0.1, -0.05) is 69.5 Å². The van der Waals surface area contributed by atoms with Crippen LogP contribution in [0.25, 0.3) is 17.4 Å². The van der Waals surface area contributed by atoms with Crippen LogP contribution in [0.15, 0.2) is 129 Å². The highest BCUT2D eigenvalue weighted by Crippen LogP contribution is 2.27. The third kappa shape index (κ3) is 9.12. The summed E-state index contributed by atoms with van der Waals surface area (Å²) in [6.45, 7) is 0. The Bertz CT molecular complexity index is 1860. The molecule has 7 nitrogen and oxygen atoms in total. The summed E-state index contributed by atoms with van der Waals surface area (Å²) in [6, 6.07) is 31.6. The molecular weight excluding hydrogens is 697 g/mol. The molecule has 226 valence electrons. The summed E-state index contributed by atoms with van der Waals surface area (Å²) < 4.78 is 6.91. The monoisotopic (exact) mass is 719 g/mol. The minimum Gasteiger partial charge on any atom is -0.457 e. The number of carbonyl (C=O) groups is 3. The lowest BCUT2D eigenvalue weighted by Crippen LogP contribution is -2.30. The summed E-state index contributed by atoms with van der Waals surface area (Å²) in [5.41, 5.74) is 2.23. The number of hydrogen-bond donors (Lipinski definition) is 3. The Labute approximate surface area is 282 Å². The number of benzene rings is 4. The summed E-state index contributed by atoms with van der Waals surface area (Å²) in [4.78, 5) is 39.6. The van der Waals surface area contributed by atoms with Crippen LogP contribution in [0, 0.1) is 0 Å². The molecule has 0 atom stereocenters. The third-order valence-electron chi connectivity index (χ3n) is 6.26. The number of thioether (sulfide) groups is 1. The van der Waals surface area contributed by atoms with E-state index in [-0.39, 0.29) is 17.4 Å². The van der Waals surface area contributed by atoms with E-state index < -0.39 is 11.8 Å². The van der Waals surface area contributed by atoms with E-state index in [0.29, 0.717) is 38.5 Å². The first-order chi connectivity index (χ1) is 21.7. The number of anilines is 2. The third-order valence-corrected chi connectivity index (χ3v) is 8.35. The van der Waals surface area contributed by atoms with Gasteiger partial charge in [-0.15, -0.1) is 11.8 Å². The van der Waals surface area contributed by atoms with Crippen LogP contribution in [0.4, 0.5) is 11.4 Å². The zero-order chi connectivity index (χ0) is 31.8. The van der Waals surface area contributed by atoms with Gasteiger partial charge in [-0.25, -0.2) is 0 Å². The van der Waals surface area contributed by atoms with E-state index in [4.69, 9.17) is 27.6 Å². The second-order valence-corrected chi connectivity index (χ2v) is 12.3. The van der Waals surface area contributed by atoms with Crippen LogP contribution >= 0.6 is 50.9 Å². The Kier molecular flexibility index (Phi) is 10.8. The van der Waals surface area contributed by atoms with Crippen molar-refractivity contribution >= 4 is 86.1 Å². The van der Waals surface area contributed by atoms with Gasteiger partial charge in [0.15, 0.2) is 0 Å². The lowest BCUT2D eigenvalue weighted by molar-refractivity contribution is -0.114. The highest BCUT2D eigenvalue weighted by Gasteiger charge is 2.17. The molecule has 0 aliphatic carbocycles. The average Bonchev–Trinajstić information content (AvgIpc) is 3.51. The quantitative estimate of drug-likeness (QED) is 0.0987. The number of hydrogen-bond acceptors (Lipinski definition) is 5. The Morgan fingerprint density at radius 2 is 1.56 bits per heavy atom. The van der Waals surface area contributed by atoms with E-state index in [2.05, 4.69) is 31.9 Å². The van der Waals surface area contributed by atoms with Crippen LogP contribution in [-0.2, 0) is 9.59 Å². The molecule has 3 N–H and O–H groups in total. The van der Waals surface area contributed by atoms with Crippen molar-refractivity contribution in [1.82, 2.24) is 5.32 Å². The van der Waals surface area contributed by atoms with Crippen LogP contribution in [-0.4, -0.2) is 23.5 Å². The van der Waals surface area contributed by atoms with Crippen LogP contribution in [0.2, 0.25) is 10.0 Å². The summed E-state index contributed by atoms with van der Waals surface area (Å²) in [5, 5.41) is 9.12. The number of halogens is 3. The molecule has 0 saturated carbocycles. The van der Waals surface area contributed by atoms with Crippen molar-refractivity contribution in [2.75, 3.05) is 16.4 Å². The molecule has 1 aromatic heterocycles. The molecular formula is C34H24BrCl2N3O4S. The number of carbonyl (C=O) groups excluding carboxylic acids is 3. The molecule has 0 spiro atoms. The highest BCUT2D eigenvalue weighted by atomic mass is 79.9. The first kappa shape index (κ1) is 32.1. The molecule has 0 radical (unpaired) electrons. The van der Waals surface area contributed by atoms with Gasteiger partial charge in [0.2, 0.25) is 5.91 Å². The Hall–Kier alpha value is -4.28. The van der Waals surface area contributed by atoms with Crippen molar-refractivity contribution < 1.29 is 18.8 Å². The minimum absolute atomic E-state index is 0.00320. The van der Waals surface area contributed by atoms with E-state index in [1.54, 1.807) is 84.9 Å². The van der Waals surface area contributed by atoms with Crippen molar-refractivity contribution in [3.05, 3.63) is 141 Å². The molecule has 0 saturated heterocycles. The minimum atomic E-state index is -0.541. The molecule has 1 heterocycles. The maximum absolute atomic E-state index is 13.4. The van der Waals surface area contributed by atoms with Crippen molar-refractivity contribution in [2.45, 2.75) is 4.90 Å². The molecule has 0 fully saturated rings. The predicted octanol–water partition coefficient (Wildman–Crippen LogP) is 9.16. The maximum Gasteiger partial charge on any atom is 0.272 e. The molecule has 4 aromatic carbocycles. The fourth-order valence-electron chi connectivity index (χ4n) is 4.04. The molecule has 0 unspecified atom stereocenters. The van der Waals surface area contributed by atoms with Gasteiger partial charge in [0.1, 0.15) is 17.2 Å². The van der Waals surface area contributed by atoms with Gasteiger partial charge in [0, 0.05) is 37.3 Å². The van der Waals surface area contributed by atoms with Gasteiger partial charge >= 0.3 is 0 Å². The average molecular weight is 721 g/mol. The molecule has 3 amide bonds. The van der Waals surface area contributed by atoms with Crippen molar-refractivity contribution in [1.29, 1.82) is 0 Å². The van der Waals surface area contributed by atoms with Crippen molar-refractivity contribution in [3.8, 4) is 11.3 Å². The van der Waals surface area contributed by atoms with E-state index >= 15 is 0 Å². The van der Waals surface area contributed by atoms with Crippen LogP contribution in [0.5, 0.6) is 0 Å². The molecule has 45 heavy (non-hydrogen) atoms. The van der Waals surface area contributed by atoms with Gasteiger partial charge in [0.05, 0.1) is 16.5 Å². The molecule has 0 aliphatic heterocycles. The second kappa shape index (κ2) is 15.1. The SMILES string of the molecule is O=C(CSc1ccc(NC(=O)/C(=C/c2ccc(-c3ccc(Br)cc3)o2)NC(=O)c2ccccc2)cc1)Nc1ccc(Cl)cc1Cl. The first-order valence-electron chi connectivity index (χ1n) is 13.5. The van der Waals surface area contributed by atoms with E-state index in [1.807, 2.05) is 24.3 Å². The highest BCUT2D eigenvalue weighted by molar-refractivity contribution is 9.10. The first-order valence-corrected chi connectivity index (χ1v) is 16.0. The lowest BCUT2D eigenvalue weighted by Gasteiger charge is -2.11. The topological polar surface area (TPSA) is 100 Å². The van der Waals surface area contributed by atoms with Crippen molar-refractivity contribution in [3.63, 3.8) is 0 Å². The van der Waals surface area contributed by atoms with Gasteiger partial charge in [-0.3, -0.25) is 14.4 Å². The predicted molar refractivity (Wildman–Crippen MR) is 185 cm³/mol. The Morgan fingerprint density at radius 1 is 0.822 bits per heavy atom. The molecule has 0 aliphatic rings. The van der Waals surface area contributed by atoms with E-state index in [0.717, 1.165) is 14.9 Å². The normalized spacial score (nSPS) is 11.1. The number of rotatable bonds is 10. The lowest BCUT2D eigenvalue weighted by atomic mass is 10.2. The van der Waals surface area contributed by atoms with Gasteiger partial charge < -0.3 is 20.4 Å². The summed E-state index contributed by atoms with van der Waals surface area (Å²) in [7, 11) is 0. The van der Waals surface area contributed by atoms with Gasteiger partial charge in [-0.2, -0.15) is 0 Å². The maximum atomic E-state index is 13.4. The number of furan rings is 1. The Morgan fingerprint density at radius 3 is 2.27 bits per heavy atom. The van der Waals surface area contributed by atoms with Gasteiger partial charge in [-0.05, 0) is 78.9 Å².